The first-order chi connectivity index (χ1) is 10.0. The Bertz CT molecular complexity index is 549. The number of carbonyl (C=O) groups excluding carboxylic acids is 1. The number of benzene rings is 1. The Labute approximate surface area is 125 Å². The molecule has 6 heteroatoms. The Balaban J connectivity index is 1.84. The minimum atomic E-state index is -1.39. The van der Waals surface area contributed by atoms with Gasteiger partial charge in [-0.15, -0.1) is 0 Å². The number of rotatable bonds is 6. The van der Waals surface area contributed by atoms with Gasteiger partial charge in [-0.1, -0.05) is 12.1 Å². The van der Waals surface area contributed by atoms with Crippen LogP contribution in [0.1, 0.15) is 41.6 Å². The molecule has 21 heavy (non-hydrogen) atoms. The van der Waals surface area contributed by atoms with E-state index in [1.807, 2.05) is 0 Å². The molecule has 2 rings (SSSR count). The van der Waals surface area contributed by atoms with E-state index in [-0.39, 0.29) is 23.2 Å². The maximum atomic E-state index is 11.9. The van der Waals surface area contributed by atoms with Crippen LogP contribution in [0.5, 0.6) is 0 Å². The second kappa shape index (κ2) is 7.36. The molecule has 1 N–H and O–H groups in total. The Hall–Kier alpha value is -1.69. The lowest BCUT2D eigenvalue weighted by atomic mass is 10.1. The summed E-state index contributed by atoms with van der Waals surface area (Å²) in [6.45, 7) is 0. The van der Waals surface area contributed by atoms with Crippen LogP contribution in [0.25, 0.3) is 0 Å². The summed E-state index contributed by atoms with van der Waals surface area (Å²) in [6, 6.07) is 6.26. The van der Waals surface area contributed by atoms with E-state index < -0.39 is 22.7 Å². The van der Waals surface area contributed by atoms with Crippen molar-refractivity contribution >= 4 is 22.7 Å². The van der Waals surface area contributed by atoms with Crippen LogP contribution in [-0.2, 0) is 26.1 Å². The lowest BCUT2D eigenvalue weighted by molar-refractivity contribution is -0.145. The number of hydrogen-bond acceptors (Lipinski definition) is 4. The van der Waals surface area contributed by atoms with Crippen molar-refractivity contribution in [1.29, 1.82) is 0 Å². The maximum Gasteiger partial charge on any atom is 0.335 e. The van der Waals surface area contributed by atoms with Crippen molar-refractivity contribution in [2.45, 2.75) is 37.5 Å². The van der Waals surface area contributed by atoms with Crippen LogP contribution < -0.4 is 0 Å². The van der Waals surface area contributed by atoms with Crippen molar-refractivity contribution in [2.24, 2.45) is 0 Å². The summed E-state index contributed by atoms with van der Waals surface area (Å²) in [5.74, 6) is -1.45. The fourth-order valence-corrected chi connectivity index (χ4v) is 3.37. The number of carboxylic acids is 1. The number of carboxylic acid groups (broad SMARTS) is 1. The van der Waals surface area contributed by atoms with Crippen LogP contribution >= 0.6 is 0 Å². The molecule has 0 aliphatic heterocycles. The van der Waals surface area contributed by atoms with Gasteiger partial charge in [-0.3, -0.25) is 9.00 Å². The number of aromatic carboxylic acids is 1. The van der Waals surface area contributed by atoms with Crippen LogP contribution in [0.15, 0.2) is 24.3 Å². The Morgan fingerprint density at radius 1 is 1.29 bits per heavy atom. The molecule has 114 valence electrons. The molecule has 0 amide bonds. The first-order valence-corrected chi connectivity index (χ1v) is 8.40. The second-order valence-corrected chi connectivity index (χ2v) is 6.59. The average molecular weight is 310 g/mol. The highest BCUT2D eigenvalue weighted by molar-refractivity contribution is 7.84. The second-order valence-electron chi connectivity index (χ2n) is 5.13. The van der Waals surface area contributed by atoms with E-state index in [0.717, 1.165) is 25.7 Å². The predicted molar refractivity (Wildman–Crippen MR) is 78.5 cm³/mol. The summed E-state index contributed by atoms with van der Waals surface area (Å²) < 4.78 is 17.2. The molecule has 0 saturated heterocycles. The van der Waals surface area contributed by atoms with Gasteiger partial charge in [0.2, 0.25) is 0 Å². The third kappa shape index (κ3) is 4.97. The van der Waals surface area contributed by atoms with Gasteiger partial charge in [0.25, 0.3) is 0 Å². The van der Waals surface area contributed by atoms with Crippen LogP contribution in [0, 0.1) is 0 Å². The van der Waals surface area contributed by atoms with Gasteiger partial charge < -0.3 is 9.84 Å². The molecular formula is C15H18O5S. The average Bonchev–Trinajstić information content (AvgIpc) is 2.91. The topological polar surface area (TPSA) is 80.7 Å². The molecule has 1 fully saturated rings. The van der Waals surface area contributed by atoms with Gasteiger partial charge in [0, 0.05) is 16.6 Å². The van der Waals surface area contributed by atoms with Crippen molar-refractivity contribution in [1.82, 2.24) is 0 Å². The highest BCUT2D eigenvalue weighted by atomic mass is 32.2. The molecule has 0 radical (unpaired) electrons. The number of esters is 1. The summed E-state index contributed by atoms with van der Waals surface area (Å²) in [7, 11) is -1.39. The van der Waals surface area contributed by atoms with E-state index in [0.29, 0.717) is 5.56 Å². The van der Waals surface area contributed by atoms with Gasteiger partial charge in [-0.05, 0) is 43.4 Å². The van der Waals surface area contributed by atoms with Crippen LogP contribution in [-0.4, -0.2) is 33.1 Å². The van der Waals surface area contributed by atoms with E-state index in [1.165, 1.54) is 12.1 Å². The number of hydrogen-bond donors (Lipinski definition) is 1. The van der Waals surface area contributed by atoms with Gasteiger partial charge in [-0.2, -0.15) is 0 Å². The normalized spacial score (nSPS) is 16.6. The van der Waals surface area contributed by atoms with Crippen molar-refractivity contribution in [3.05, 3.63) is 35.4 Å². The van der Waals surface area contributed by atoms with Crippen molar-refractivity contribution in [3.8, 4) is 0 Å². The Morgan fingerprint density at radius 2 is 2.00 bits per heavy atom. The smallest absolute Gasteiger partial charge is 0.335 e. The minimum absolute atomic E-state index is 0.0233. The zero-order chi connectivity index (χ0) is 15.2. The first kappa shape index (κ1) is 15.7. The van der Waals surface area contributed by atoms with E-state index in [1.54, 1.807) is 12.1 Å². The zero-order valence-corrected chi connectivity index (χ0v) is 12.4. The molecule has 1 atom stereocenters. The molecule has 0 aromatic heterocycles. The minimum Gasteiger partial charge on any atom is -0.478 e. The highest BCUT2D eigenvalue weighted by Gasteiger charge is 2.20. The Morgan fingerprint density at radius 3 is 2.67 bits per heavy atom. The van der Waals surface area contributed by atoms with E-state index in [2.05, 4.69) is 0 Å². The van der Waals surface area contributed by atoms with Gasteiger partial charge in [0.1, 0.15) is 11.9 Å². The maximum absolute atomic E-state index is 11.9. The standard InChI is InChI=1S/C15H18O5S/c16-14(20-13-6-1-2-7-13)10-21(19)9-11-4-3-5-12(8-11)15(17)18/h3-5,8,13H,1-2,6-7,9-10H2,(H,17,18). The molecule has 1 aromatic rings. The van der Waals surface area contributed by atoms with Crippen LogP contribution in [0.3, 0.4) is 0 Å². The summed E-state index contributed by atoms with van der Waals surface area (Å²) in [5, 5.41) is 8.90. The van der Waals surface area contributed by atoms with Crippen molar-refractivity contribution < 1.29 is 23.6 Å². The molecular weight excluding hydrogens is 292 g/mol. The third-order valence-corrected chi connectivity index (χ3v) is 4.59. The predicted octanol–water partition coefficient (Wildman–Crippen LogP) is 2.12. The van der Waals surface area contributed by atoms with Crippen LogP contribution in [0.2, 0.25) is 0 Å². The first-order valence-electron chi connectivity index (χ1n) is 6.91. The van der Waals surface area contributed by atoms with Gasteiger partial charge in [0.15, 0.2) is 0 Å². The van der Waals surface area contributed by atoms with Crippen molar-refractivity contribution in [2.75, 3.05) is 5.75 Å². The molecule has 1 aromatic carbocycles. The lowest BCUT2D eigenvalue weighted by Gasteiger charge is -2.11. The quantitative estimate of drug-likeness (QED) is 0.814. The fourth-order valence-electron chi connectivity index (χ4n) is 2.39. The van der Waals surface area contributed by atoms with Gasteiger partial charge >= 0.3 is 11.9 Å². The number of ether oxygens (including phenoxy) is 1. The van der Waals surface area contributed by atoms with Gasteiger partial charge in [-0.25, -0.2) is 4.79 Å². The molecule has 1 unspecified atom stereocenters. The SMILES string of the molecule is O=C(CS(=O)Cc1cccc(C(=O)O)c1)OC1CCCC1. The lowest BCUT2D eigenvalue weighted by Crippen LogP contribution is -2.20. The molecule has 0 heterocycles. The summed E-state index contributed by atoms with van der Waals surface area (Å²) >= 11 is 0. The molecule has 1 saturated carbocycles. The molecule has 0 bridgehead atoms. The summed E-state index contributed by atoms with van der Waals surface area (Å²) in [5.41, 5.74) is 0.792. The molecule has 1 aliphatic carbocycles. The van der Waals surface area contributed by atoms with E-state index >= 15 is 0 Å². The monoisotopic (exact) mass is 310 g/mol. The molecule has 0 spiro atoms. The summed E-state index contributed by atoms with van der Waals surface area (Å²) in [6.07, 6.45) is 3.90. The fraction of sp³-hybridized carbons (Fsp3) is 0.467. The molecule has 1 aliphatic rings. The largest absolute Gasteiger partial charge is 0.478 e. The van der Waals surface area contributed by atoms with Crippen molar-refractivity contribution in [3.63, 3.8) is 0 Å². The Kier molecular flexibility index (Phi) is 5.50. The number of carbonyl (C=O) groups is 2. The third-order valence-electron chi connectivity index (χ3n) is 3.38. The summed E-state index contributed by atoms with van der Waals surface area (Å²) in [4.78, 5) is 22.5. The molecule has 5 nitrogen and oxygen atoms in total. The zero-order valence-electron chi connectivity index (χ0n) is 11.6. The highest BCUT2D eigenvalue weighted by Crippen LogP contribution is 2.21. The van der Waals surface area contributed by atoms with Crippen LogP contribution in [0.4, 0.5) is 0 Å². The van der Waals surface area contributed by atoms with Gasteiger partial charge in [0.05, 0.1) is 5.56 Å². The van der Waals surface area contributed by atoms with E-state index in [4.69, 9.17) is 9.84 Å². The van der Waals surface area contributed by atoms with E-state index in [9.17, 15) is 13.8 Å².